The van der Waals surface area contributed by atoms with Crippen molar-refractivity contribution in [2.45, 2.75) is 12.5 Å². The Bertz CT molecular complexity index is 474. The standard InChI is InChI=1S/C10H9N3O4/c14-8-1-2-9(15)13(8)7(10(16)17)3-6-4-11-5-12-6/h1-2,4-5,7H,3H2,(H,11,12)(H,16,17). The van der Waals surface area contributed by atoms with Gasteiger partial charge in [-0.25, -0.2) is 9.78 Å². The topological polar surface area (TPSA) is 103 Å². The second-order valence-corrected chi connectivity index (χ2v) is 3.51. The van der Waals surface area contributed by atoms with Gasteiger partial charge >= 0.3 is 5.97 Å². The highest BCUT2D eigenvalue weighted by molar-refractivity contribution is 6.14. The minimum Gasteiger partial charge on any atom is -0.480 e. The number of imidazole rings is 1. The Balaban J connectivity index is 2.21. The van der Waals surface area contributed by atoms with E-state index in [0.29, 0.717) is 5.69 Å². The molecule has 0 fully saturated rings. The number of carboxylic acids is 1. The molecule has 0 radical (unpaired) electrons. The lowest BCUT2D eigenvalue weighted by atomic mass is 10.1. The number of aromatic amines is 1. The zero-order valence-electron chi connectivity index (χ0n) is 8.66. The van der Waals surface area contributed by atoms with Crippen molar-refractivity contribution in [1.82, 2.24) is 14.9 Å². The highest BCUT2D eigenvalue weighted by atomic mass is 16.4. The molecule has 88 valence electrons. The van der Waals surface area contributed by atoms with Gasteiger partial charge in [0.15, 0.2) is 0 Å². The van der Waals surface area contributed by atoms with E-state index in [-0.39, 0.29) is 6.42 Å². The van der Waals surface area contributed by atoms with E-state index in [1.54, 1.807) is 0 Å². The fourth-order valence-corrected chi connectivity index (χ4v) is 1.61. The van der Waals surface area contributed by atoms with Crippen molar-refractivity contribution < 1.29 is 19.5 Å². The summed E-state index contributed by atoms with van der Waals surface area (Å²) in [7, 11) is 0. The molecule has 0 saturated carbocycles. The maximum atomic E-state index is 11.4. The molecule has 0 bridgehead atoms. The Morgan fingerprint density at radius 3 is 2.53 bits per heavy atom. The third-order valence-corrected chi connectivity index (χ3v) is 2.41. The fraction of sp³-hybridized carbons (Fsp3) is 0.200. The van der Waals surface area contributed by atoms with Crippen LogP contribution in [0.15, 0.2) is 24.7 Å². The molecule has 2 amide bonds. The molecule has 0 spiro atoms. The zero-order valence-corrected chi connectivity index (χ0v) is 8.66. The highest BCUT2D eigenvalue weighted by Crippen LogP contribution is 2.13. The first-order valence-corrected chi connectivity index (χ1v) is 4.85. The molecule has 17 heavy (non-hydrogen) atoms. The van der Waals surface area contributed by atoms with Crippen LogP contribution in [0.2, 0.25) is 0 Å². The molecule has 1 aromatic heterocycles. The Kier molecular flexibility index (Phi) is 2.73. The molecular formula is C10H9N3O4. The van der Waals surface area contributed by atoms with E-state index >= 15 is 0 Å². The minimum atomic E-state index is -1.23. The van der Waals surface area contributed by atoms with Gasteiger partial charge in [-0.15, -0.1) is 0 Å². The summed E-state index contributed by atoms with van der Waals surface area (Å²) in [5.74, 6) is -2.45. The van der Waals surface area contributed by atoms with Crippen molar-refractivity contribution in [1.29, 1.82) is 0 Å². The molecule has 0 aliphatic carbocycles. The van der Waals surface area contributed by atoms with Crippen LogP contribution in [-0.4, -0.2) is 43.8 Å². The summed E-state index contributed by atoms with van der Waals surface area (Å²) >= 11 is 0. The maximum absolute atomic E-state index is 11.4. The first-order chi connectivity index (χ1) is 8.09. The maximum Gasteiger partial charge on any atom is 0.327 e. The van der Waals surface area contributed by atoms with Crippen LogP contribution in [0.25, 0.3) is 0 Å². The zero-order chi connectivity index (χ0) is 12.4. The van der Waals surface area contributed by atoms with Crippen molar-refractivity contribution in [2.24, 2.45) is 0 Å². The minimum absolute atomic E-state index is 0.00843. The lowest BCUT2D eigenvalue weighted by Gasteiger charge is -2.21. The average Bonchev–Trinajstić information content (AvgIpc) is 2.87. The number of nitrogens with one attached hydrogen (secondary N) is 1. The van der Waals surface area contributed by atoms with E-state index in [0.717, 1.165) is 17.1 Å². The number of nitrogens with zero attached hydrogens (tertiary/aromatic N) is 2. The number of carbonyl (C=O) groups is 3. The molecule has 1 aromatic rings. The normalized spacial score (nSPS) is 16.6. The number of aliphatic carboxylic acids is 1. The predicted octanol–water partition coefficient (Wildman–Crippen LogP) is -0.670. The van der Waals surface area contributed by atoms with E-state index in [1.807, 2.05) is 0 Å². The summed E-state index contributed by atoms with van der Waals surface area (Å²) in [6.07, 6.45) is 4.99. The number of amides is 2. The fourth-order valence-electron chi connectivity index (χ4n) is 1.61. The van der Waals surface area contributed by atoms with Crippen LogP contribution >= 0.6 is 0 Å². The molecule has 1 atom stereocenters. The number of imide groups is 1. The largest absolute Gasteiger partial charge is 0.480 e. The molecule has 7 heteroatoms. The van der Waals surface area contributed by atoms with Crippen molar-refractivity contribution in [2.75, 3.05) is 0 Å². The summed E-state index contributed by atoms with van der Waals surface area (Å²) < 4.78 is 0. The summed E-state index contributed by atoms with van der Waals surface area (Å²) in [6, 6.07) is -1.22. The molecule has 2 heterocycles. The third-order valence-electron chi connectivity index (χ3n) is 2.41. The van der Waals surface area contributed by atoms with Gasteiger partial charge in [0.05, 0.1) is 6.33 Å². The highest BCUT2D eigenvalue weighted by Gasteiger charge is 2.36. The number of carbonyl (C=O) groups excluding carboxylic acids is 2. The van der Waals surface area contributed by atoms with E-state index in [4.69, 9.17) is 5.11 Å². The van der Waals surface area contributed by atoms with Crippen LogP contribution < -0.4 is 0 Å². The smallest absolute Gasteiger partial charge is 0.327 e. The molecule has 1 aliphatic heterocycles. The van der Waals surface area contributed by atoms with E-state index in [1.165, 1.54) is 12.5 Å². The van der Waals surface area contributed by atoms with Gasteiger partial charge < -0.3 is 10.1 Å². The second kappa shape index (κ2) is 4.20. The van der Waals surface area contributed by atoms with Crippen LogP contribution in [0.5, 0.6) is 0 Å². The molecule has 1 unspecified atom stereocenters. The number of hydrogen-bond acceptors (Lipinski definition) is 4. The van der Waals surface area contributed by atoms with Crippen LogP contribution in [-0.2, 0) is 20.8 Å². The molecule has 2 N–H and O–H groups in total. The van der Waals surface area contributed by atoms with Crippen molar-refractivity contribution in [3.05, 3.63) is 30.4 Å². The Morgan fingerprint density at radius 2 is 2.06 bits per heavy atom. The lowest BCUT2D eigenvalue weighted by Crippen LogP contribution is -2.46. The van der Waals surface area contributed by atoms with Crippen LogP contribution in [0.4, 0.5) is 0 Å². The monoisotopic (exact) mass is 235 g/mol. The van der Waals surface area contributed by atoms with Crippen molar-refractivity contribution >= 4 is 17.8 Å². The first kappa shape index (κ1) is 11.1. The van der Waals surface area contributed by atoms with Gasteiger partial charge in [0, 0.05) is 30.5 Å². The number of aromatic nitrogens is 2. The van der Waals surface area contributed by atoms with Crippen molar-refractivity contribution in [3.8, 4) is 0 Å². The summed E-state index contributed by atoms with van der Waals surface area (Å²) in [5, 5.41) is 9.06. The van der Waals surface area contributed by atoms with Crippen LogP contribution in [0.1, 0.15) is 5.69 Å². The predicted molar refractivity (Wildman–Crippen MR) is 54.7 cm³/mol. The molecule has 1 aliphatic rings. The van der Waals surface area contributed by atoms with Gasteiger partial charge in [0.1, 0.15) is 6.04 Å². The van der Waals surface area contributed by atoms with Crippen LogP contribution in [0, 0.1) is 0 Å². The number of carboxylic acid groups (broad SMARTS) is 1. The second-order valence-electron chi connectivity index (χ2n) is 3.51. The van der Waals surface area contributed by atoms with Crippen molar-refractivity contribution in [3.63, 3.8) is 0 Å². The quantitative estimate of drug-likeness (QED) is 0.673. The summed E-state index contributed by atoms with van der Waals surface area (Å²) in [6.45, 7) is 0. The van der Waals surface area contributed by atoms with E-state index in [9.17, 15) is 14.4 Å². The van der Waals surface area contributed by atoms with Gasteiger partial charge in [-0.05, 0) is 0 Å². The Morgan fingerprint density at radius 1 is 1.41 bits per heavy atom. The average molecular weight is 235 g/mol. The SMILES string of the molecule is O=C(O)C(Cc1cnc[nH]1)N1C(=O)C=CC1=O. The van der Waals surface area contributed by atoms with Gasteiger partial charge in [-0.1, -0.05) is 0 Å². The number of hydrogen-bond donors (Lipinski definition) is 2. The molecule has 0 saturated heterocycles. The summed E-state index contributed by atoms with van der Waals surface area (Å²) in [4.78, 5) is 41.1. The Labute approximate surface area is 95.8 Å². The third kappa shape index (κ3) is 2.07. The Hall–Kier alpha value is -2.44. The number of H-pyrrole nitrogens is 1. The first-order valence-electron chi connectivity index (χ1n) is 4.85. The van der Waals surface area contributed by atoms with E-state index in [2.05, 4.69) is 9.97 Å². The number of rotatable bonds is 4. The molecule has 0 aromatic carbocycles. The lowest BCUT2D eigenvalue weighted by molar-refractivity contribution is -0.153. The van der Waals surface area contributed by atoms with Gasteiger partial charge in [0.2, 0.25) is 0 Å². The molecule has 2 rings (SSSR count). The van der Waals surface area contributed by atoms with E-state index < -0.39 is 23.8 Å². The summed E-state index contributed by atoms with van der Waals surface area (Å²) in [5.41, 5.74) is 0.546. The van der Waals surface area contributed by atoms with Crippen LogP contribution in [0.3, 0.4) is 0 Å². The molecular weight excluding hydrogens is 226 g/mol. The van der Waals surface area contributed by atoms with Gasteiger partial charge in [0.25, 0.3) is 11.8 Å². The van der Waals surface area contributed by atoms with Gasteiger partial charge in [-0.3, -0.25) is 14.5 Å². The van der Waals surface area contributed by atoms with Gasteiger partial charge in [-0.2, -0.15) is 0 Å². The molecule has 7 nitrogen and oxygen atoms in total.